The van der Waals surface area contributed by atoms with Gasteiger partial charge in [0.2, 0.25) is 5.78 Å². The van der Waals surface area contributed by atoms with E-state index in [4.69, 9.17) is 14.2 Å². The van der Waals surface area contributed by atoms with E-state index in [1.807, 2.05) is 73.8 Å². The predicted octanol–water partition coefficient (Wildman–Crippen LogP) is 6.08. The van der Waals surface area contributed by atoms with Gasteiger partial charge in [-0.2, -0.15) is 0 Å². The third kappa shape index (κ3) is 6.27. The number of hydrogen-bond acceptors (Lipinski definition) is 6. The van der Waals surface area contributed by atoms with Crippen LogP contribution in [0.5, 0.6) is 17.2 Å². The number of amides is 1. The van der Waals surface area contributed by atoms with Crippen molar-refractivity contribution in [3.05, 3.63) is 107 Å². The number of nitrogens with zero attached hydrogens (tertiary/aromatic N) is 1. The lowest BCUT2D eigenvalue weighted by Crippen LogP contribution is -2.22. The lowest BCUT2D eigenvalue weighted by molar-refractivity contribution is 0.101. The first-order valence-electron chi connectivity index (χ1n) is 12.9. The summed E-state index contributed by atoms with van der Waals surface area (Å²) in [6, 6.07) is 26.9. The van der Waals surface area contributed by atoms with Crippen molar-refractivity contribution in [1.29, 1.82) is 0 Å². The molecule has 0 aliphatic carbocycles. The van der Waals surface area contributed by atoms with Crippen LogP contribution in [0.2, 0.25) is 0 Å². The fourth-order valence-electron chi connectivity index (χ4n) is 4.56. The lowest BCUT2D eigenvalue weighted by Gasteiger charge is -2.17. The van der Waals surface area contributed by atoms with Gasteiger partial charge in [-0.1, -0.05) is 54.6 Å². The molecule has 1 aliphatic rings. The molecule has 0 radical (unpaired) electrons. The molecule has 1 aliphatic heterocycles. The number of carbonyl (C=O) groups excluding carboxylic acids is 2. The number of fused-ring (bicyclic) bond motifs is 2. The van der Waals surface area contributed by atoms with Crippen molar-refractivity contribution in [2.75, 3.05) is 27.2 Å². The molecule has 0 fully saturated rings. The lowest BCUT2D eigenvalue weighted by atomic mass is 10.0. The van der Waals surface area contributed by atoms with Crippen LogP contribution in [-0.4, -0.2) is 44.0 Å². The van der Waals surface area contributed by atoms with E-state index >= 15 is 0 Å². The summed E-state index contributed by atoms with van der Waals surface area (Å²) >= 11 is 0. The molecule has 0 spiro atoms. The van der Waals surface area contributed by atoms with Gasteiger partial charge in [0, 0.05) is 26.2 Å². The van der Waals surface area contributed by atoms with Crippen molar-refractivity contribution < 1.29 is 23.8 Å². The molecule has 1 heterocycles. The van der Waals surface area contributed by atoms with Gasteiger partial charge in [-0.15, -0.1) is 0 Å². The Bertz CT molecular complexity index is 1540. The Morgan fingerprint density at radius 2 is 1.79 bits per heavy atom. The SMILES string of the molecule is CNC(=O)Oc1cccc(CN(C)CCCOc2ccc3c(c2)O/C(=C\c2cccc4ccccc24)C3=O)c1. The van der Waals surface area contributed by atoms with Crippen molar-refractivity contribution in [3.63, 3.8) is 0 Å². The maximum absolute atomic E-state index is 13.0. The van der Waals surface area contributed by atoms with Gasteiger partial charge in [0.05, 0.1) is 12.2 Å². The Morgan fingerprint density at radius 1 is 0.974 bits per heavy atom. The Hall–Kier alpha value is -4.62. The largest absolute Gasteiger partial charge is 0.493 e. The highest BCUT2D eigenvalue weighted by Gasteiger charge is 2.28. The van der Waals surface area contributed by atoms with Crippen LogP contribution in [0.3, 0.4) is 0 Å². The van der Waals surface area contributed by atoms with E-state index < -0.39 is 6.09 Å². The summed E-state index contributed by atoms with van der Waals surface area (Å²) in [7, 11) is 3.56. The van der Waals surface area contributed by atoms with Gasteiger partial charge in [-0.05, 0) is 65.7 Å². The molecule has 5 rings (SSSR count). The van der Waals surface area contributed by atoms with Crippen LogP contribution >= 0.6 is 0 Å². The Labute approximate surface area is 227 Å². The molecule has 0 aromatic heterocycles. The molecule has 0 saturated heterocycles. The van der Waals surface area contributed by atoms with Gasteiger partial charge in [-0.3, -0.25) is 4.79 Å². The zero-order valence-electron chi connectivity index (χ0n) is 22.0. The monoisotopic (exact) mass is 522 g/mol. The van der Waals surface area contributed by atoms with E-state index in [0.717, 1.165) is 34.9 Å². The molecular weight excluding hydrogens is 492 g/mol. The summed E-state index contributed by atoms with van der Waals surface area (Å²) < 4.78 is 17.1. The number of benzene rings is 4. The van der Waals surface area contributed by atoms with Crippen molar-refractivity contribution in [1.82, 2.24) is 10.2 Å². The standard InChI is InChI=1S/C32H30N2O5/c1-33-32(36)38-26-12-5-8-22(18-26)21-34(2)16-7-17-37-25-14-15-28-29(20-25)39-30(31(28)35)19-24-11-6-10-23-9-3-4-13-27(23)24/h3-6,8-15,18-20H,7,16-17,21H2,1-2H3,(H,33,36)/b30-19-. The molecule has 7 heteroatoms. The third-order valence-electron chi connectivity index (χ3n) is 6.47. The zero-order valence-corrected chi connectivity index (χ0v) is 22.0. The Balaban J connectivity index is 1.14. The summed E-state index contributed by atoms with van der Waals surface area (Å²) in [6.07, 6.45) is 2.13. The number of carbonyl (C=O) groups is 2. The van der Waals surface area contributed by atoms with E-state index in [0.29, 0.717) is 41.7 Å². The van der Waals surface area contributed by atoms with Gasteiger partial charge < -0.3 is 24.4 Å². The van der Waals surface area contributed by atoms with Crippen LogP contribution < -0.4 is 19.5 Å². The molecule has 0 unspecified atom stereocenters. The number of rotatable bonds is 9. The summed E-state index contributed by atoms with van der Waals surface area (Å²) in [6.45, 7) is 2.06. The Kier molecular flexibility index (Phi) is 7.89. The maximum atomic E-state index is 13.0. The van der Waals surface area contributed by atoms with Crippen LogP contribution in [0.15, 0.2) is 90.7 Å². The predicted molar refractivity (Wildman–Crippen MR) is 151 cm³/mol. The summed E-state index contributed by atoms with van der Waals surface area (Å²) in [5, 5.41) is 4.62. The minimum Gasteiger partial charge on any atom is -0.493 e. The fraction of sp³-hybridized carbons (Fsp3) is 0.188. The van der Waals surface area contributed by atoms with Gasteiger partial charge in [0.25, 0.3) is 0 Å². The van der Waals surface area contributed by atoms with Crippen molar-refractivity contribution in [2.24, 2.45) is 0 Å². The molecule has 1 N–H and O–H groups in total. The quantitative estimate of drug-likeness (QED) is 0.212. The first-order chi connectivity index (χ1) is 19.0. The van der Waals surface area contributed by atoms with E-state index in [-0.39, 0.29) is 5.78 Å². The zero-order chi connectivity index (χ0) is 27.2. The van der Waals surface area contributed by atoms with Crippen molar-refractivity contribution >= 4 is 28.7 Å². The summed E-state index contributed by atoms with van der Waals surface area (Å²) in [5.41, 5.74) is 2.53. The van der Waals surface area contributed by atoms with Gasteiger partial charge >= 0.3 is 6.09 Å². The normalized spacial score (nSPS) is 13.4. The van der Waals surface area contributed by atoms with Crippen molar-refractivity contribution in [2.45, 2.75) is 13.0 Å². The molecule has 0 atom stereocenters. The summed E-state index contributed by atoms with van der Waals surface area (Å²) in [5.74, 6) is 1.87. The van der Waals surface area contributed by atoms with Crippen molar-refractivity contribution in [3.8, 4) is 17.2 Å². The van der Waals surface area contributed by atoms with Crippen LogP contribution in [-0.2, 0) is 6.54 Å². The maximum Gasteiger partial charge on any atom is 0.412 e. The van der Waals surface area contributed by atoms with Gasteiger partial charge in [0.15, 0.2) is 5.76 Å². The highest BCUT2D eigenvalue weighted by atomic mass is 16.6. The molecule has 4 aromatic rings. The second kappa shape index (κ2) is 11.8. The first-order valence-corrected chi connectivity index (χ1v) is 12.9. The van der Waals surface area contributed by atoms with Gasteiger partial charge in [-0.25, -0.2) is 4.79 Å². The van der Waals surface area contributed by atoms with Crippen LogP contribution in [0.25, 0.3) is 16.8 Å². The fourth-order valence-corrected chi connectivity index (χ4v) is 4.56. The average molecular weight is 523 g/mol. The first kappa shape index (κ1) is 26.0. The van der Waals surface area contributed by atoms with Crippen LogP contribution in [0, 0.1) is 0 Å². The molecule has 39 heavy (non-hydrogen) atoms. The minimum absolute atomic E-state index is 0.129. The highest BCUT2D eigenvalue weighted by molar-refractivity contribution is 6.15. The van der Waals surface area contributed by atoms with E-state index in [1.165, 1.54) is 7.05 Å². The molecule has 0 bridgehead atoms. The number of Topliss-reactive ketones (excluding diaryl/α,β-unsaturated/α-hetero) is 1. The number of ether oxygens (including phenoxy) is 3. The molecule has 7 nitrogen and oxygen atoms in total. The van der Waals surface area contributed by atoms with Gasteiger partial charge in [0.1, 0.15) is 17.2 Å². The Morgan fingerprint density at radius 3 is 2.67 bits per heavy atom. The topological polar surface area (TPSA) is 77.1 Å². The van der Waals surface area contributed by atoms with Crippen LogP contribution in [0.4, 0.5) is 4.79 Å². The molecular formula is C32H30N2O5. The number of nitrogens with one attached hydrogen (secondary N) is 1. The van der Waals surface area contributed by atoms with E-state index in [1.54, 1.807) is 24.3 Å². The second-order valence-corrected chi connectivity index (χ2v) is 9.39. The average Bonchev–Trinajstić information content (AvgIpc) is 3.25. The molecule has 198 valence electrons. The molecule has 1 amide bonds. The summed E-state index contributed by atoms with van der Waals surface area (Å²) in [4.78, 5) is 26.6. The number of hydrogen-bond donors (Lipinski definition) is 1. The molecule has 0 saturated carbocycles. The minimum atomic E-state index is -0.490. The molecule has 4 aromatic carbocycles. The smallest absolute Gasteiger partial charge is 0.412 e. The second-order valence-electron chi connectivity index (χ2n) is 9.39. The van der Waals surface area contributed by atoms with Crippen LogP contribution in [0.1, 0.15) is 27.9 Å². The third-order valence-corrected chi connectivity index (χ3v) is 6.47. The van der Waals surface area contributed by atoms with E-state index in [9.17, 15) is 9.59 Å². The number of ketones is 1. The highest BCUT2D eigenvalue weighted by Crippen LogP contribution is 2.35. The number of allylic oxidation sites excluding steroid dienone is 1. The van der Waals surface area contributed by atoms with E-state index in [2.05, 4.69) is 10.2 Å².